The number of carboxylic acid groups (broad SMARTS) is 1. The minimum Gasteiger partial charge on any atom is -0.491 e. The molecule has 0 aliphatic carbocycles. The summed E-state index contributed by atoms with van der Waals surface area (Å²) in [5.74, 6) is 1.10. The third-order valence-electron chi connectivity index (χ3n) is 3.08. The van der Waals surface area contributed by atoms with Crippen molar-refractivity contribution < 1.29 is 14.6 Å². The molecule has 4 nitrogen and oxygen atoms in total. The average molecular weight is 281 g/mol. The maximum Gasteiger partial charge on any atom is 0.321 e. The highest BCUT2D eigenvalue weighted by molar-refractivity contribution is 8.00. The highest BCUT2D eigenvalue weighted by atomic mass is 32.2. The molecule has 2 N–H and O–H groups in total. The Kier molecular flexibility index (Phi) is 4.71. The molecule has 5 heteroatoms. The molecule has 2 unspecified atom stereocenters. The van der Waals surface area contributed by atoms with Crippen molar-refractivity contribution in [3.05, 3.63) is 29.8 Å². The van der Waals surface area contributed by atoms with Crippen LogP contribution >= 0.6 is 11.8 Å². The summed E-state index contributed by atoms with van der Waals surface area (Å²) in [6, 6.07) is 7.53. The van der Waals surface area contributed by atoms with E-state index in [1.807, 2.05) is 18.2 Å². The van der Waals surface area contributed by atoms with Crippen LogP contribution in [-0.4, -0.2) is 34.9 Å². The van der Waals surface area contributed by atoms with Crippen LogP contribution in [-0.2, 0) is 4.79 Å². The topological polar surface area (TPSA) is 58.6 Å². The van der Waals surface area contributed by atoms with Crippen molar-refractivity contribution in [2.75, 3.05) is 12.4 Å². The molecule has 0 bridgehead atoms. The molecule has 0 spiro atoms. The van der Waals surface area contributed by atoms with Crippen LogP contribution in [0.15, 0.2) is 24.3 Å². The number of rotatable bonds is 5. The highest BCUT2D eigenvalue weighted by Crippen LogP contribution is 2.27. The van der Waals surface area contributed by atoms with Crippen LogP contribution in [0.25, 0.3) is 0 Å². The van der Waals surface area contributed by atoms with Gasteiger partial charge in [0.1, 0.15) is 18.4 Å². The van der Waals surface area contributed by atoms with Gasteiger partial charge in [0, 0.05) is 5.75 Å². The predicted octanol–water partition coefficient (Wildman–Crippen LogP) is 2.30. The summed E-state index contributed by atoms with van der Waals surface area (Å²) < 4.78 is 5.83. The highest BCUT2D eigenvalue weighted by Gasteiger charge is 2.29. The minimum atomic E-state index is -0.794. The second-order valence-corrected chi connectivity index (χ2v) is 6.12. The third-order valence-corrected chi connectivity index (χ3v) is 4.28. The summed E-state index contributed by atoms with van der Waals surface area (Å²) in [7, 11) is 0. The van der Waals surface area contributed by atoms with Gasteiger partial charge in [-0.05, 0) is 17.5 Å². The standard InChI is InChI=1S/C14H19NO3S/c1-9(2)10-5-3-4-6-12(10)18-7-13-15-11(8-19-13)14(16)17/h3-6,9,11,13,15H,7-8H2,1-2H3,(H,16,17). The van der Waals surface area contributed by atoms with Crippen LogP contribution in [0.2, 0.25) is 0 Å². The normalized spacial score (nSPS) is 22.7. The van der Waals surface area contributed by atoms with Crippen molar-refractivity contribution >= 4 is 17.7 Å². The lowest BCUT2D eigenvalue weighted by atomic mass is 10.0. The zero-order chi connectivity index (χ0) is 13.8. The van der Waals surface area contributed by atoms with E-state index in [0.29, 0.717) is 18.3 Å². The van der Waals surface area contributed by atoms with E-state index in [4.69, 9.17) is 9.84 Å². The molecule has 1 heterocycles. The van der Waals surface area contributed by atoms with Crippen molar-refractivity contribution in [2.24, 2.45) is 0 Å². The molecule has 1 saturated heterocycles. The molecule has 104 valence electrons. The second-order valence-electron chi connectivity index (χ2n) is 4.88. The molecule has 19 heavy (non-hydrogen) atoms. The molecule has 1 fully saturated rings. The Morgan fingerprint density at radius 2 is 2.26 bits per heavy atom. The van der Waals surface area contributed by atoms with E-state index in [2.05, 4.69) is 25.2 Å². The minimum absolute atomic E-state index is 0.0429. The van der Waals surface area contributed by atoms with Gasteiger partial charge in [0.2, 0.25) is 0 Å². The number of nitrogens with one attached hydrogen (secondary N) is 1. The lowest BCUT2D eigenvalue weighted by Crippen LogP contribution is -2.38. The Bertz CT molecular complexity index is 450. The first kappa shape index (κ1) is 14.2. The summed E-state index contributed by atoms with van der Waals surface area (Å²) in [5.41, 5.74) is 1.18. The van der Waals surface area contributed by atoms with E-state index in [-0.39, 0.29) is 5.37 Å². The Morgan fingerprint density at radius 1 is 1.53 bits per heavy atom. The fourth-order valence-corrected chi connectivity index (χ4v) is 3.11. The van der Waals surface area contributed by atoms with Crippen molar-refractivity contribution in [3.63, 3.8) is 0 Å². The number of thioether (sulfide) groups is 1. The number of hydrogen-bond donors (Lipinski definition) is 2. The van der Waals surface area contributed by atoms with Gasteiger partial charge in [-0.25, -0.2) is 0 Å². The van der Waals surface area contributed by atoms with Crippen LogP contribution in [0, 0.1) is 0 Å². The Labute approximate surface area is 117 Å². The van der Waals surface area contributed by atoms with Gasteiger partial charge in [0.15, 0.2) is 0 Å². The van der Waals surface area contributed by atoms with Gasteiger partial charge >= 0.3 is 5.97 Å². The number of aliphatic carboxylic acids is 1. The third kappa shape index (κ3) is 3.64. The first-order valence-corrected chi connectivity index (χ1v) is 7.45. The van der Waals surface area contributed by atoms with Gasteiger partial charge in [-0.15, -0.1) is 11.8 Å². The molecule has 1 aliphatic heterocycles. The van der Waals surface area contributed by atoms with Gasteiger partial charge in [0.05, 0.1) is 5.37 Å². The van der Waals surface area contributed by atoms with E-state index in [0.717, 1.165) is 5.75 Å². The summed E-state index contributed by atoms with van der Waals surface area (Å²) >= 11 is 1.60. The Balaban J connectivity index is 1.91. The number of para-hydroxylation sites is 1. The maximum atomic E-state index is 10.8. The Morgan fingerprint density at radius 3 is 2.89 bits per heavy atom. The van der Waals surface area contributed by atoms with Crippen LogP contribution in [0.5, 0.6) is 5.75 Å². The van der Waals surface area contributed by atoms with Crippen LogP contribution in [0.3, 0.4) is 0 Å². The van der Waals surface area contributed by atoms with Gasteiger partial charge in [-0.1, -0.05) is 32.0 Å². The number of ether oxygens (including phenoxy) is 1. The molecular weight excluding hydrogens is 262 g/mol. The molecule has 2 rings (SSSR count). The summed E-state index contributed by atoms with van der Waals surface area (Å²) in [6.07, 6.45) is 0. The largest absolute Gasteiger partial charge is 0.491 e. The van der Waals surface area contributed by atoms with Crippen LogP contribution in [0.1, 0.15) is 25.3 Å². The molecular formula is C14H19NO3S. The fraction of sp³-hybridized carbons (Fsp3) is 0.500. The van der Waals surface area contributed by atoms with E-state index < -0.39 is 12.0 Å². The molecule has 2 atom stereocenters. The van der Waals surface area contributed by atoms with Gasteiger partial charge in [-0.2, -0.15) is 0 Å². The lowest BCUT2D eigenvalue weighted by molar-refractivity contribution is -0.138. The molecule has 1 aromatic rings. The van der Waals surface area contributed by atoms with Gasteiger partial charge < -0.3 is 9.84 Å². The van der Waals surface area contributed by atoms with Crippen molar-refractivity contribution in [1.82, 2.24) is 5.32 Å². The zero-order valence-electron chi connectivity index (χ0n) is 11.1. The van der Waals surface area contributed by atoms with Crippen LogP contribution in [0.4, 0.5) is 0 Å². The van der Waals surface area contributed by atoms with Crippen molar-refractivity contribution in [1.29, 1.82) is 0 Å². The monoisotopic (exact) mass is 281 g/mol. The van der Waals surface area contributed by atoms with E-state index in [9.17, 15) is 4.79 Å². The van der Waals surface area contributed by atoms with E-state index in [1.165, 1.54) is 5.56 Å². The van der Waals surface area contributed by atoms with Crippen molar-refractivity contribution in [2.45, 2.75) is 31.2 Å². The number of carboxylic acids is 1. The quantitative estimate of drug-likeness (QED) is 0.867. The molecule has 1 aromatic carbocycles. The molecule has 0 amide bonds. The van der Waals surface area contributed by atoms with Crippen molar-refractivity contribution in [3.8, 4) is 5.75 Å². The lowest BCUT2D eigenvalue weighted by Gasteiger charge is -2.16. The second kappa shape index (κ2) is 6.30. The first-order valence-electron chi connectivity index (χ1n) is 6.40. The van der Waals surface area contributed by atoms with Gasteiger partial charge in [0.25, 0.3) is 0 Å². The number of benzene rings is 1. The van der Waals surface area contributed by atoms with E-state index >= 15 is 0 Å². The first-order chi connectivity index (χ1) is 9.08. The molecule has 0 saturated carbocycles. The fourth-order valence-electron chi connectivity index (χ4n) is 2.03. The maximum absolute atomic E-state index is 10.8. The molecule has 0 aromatic heterocycles. The number of carbonyl (C=O) groups is 1. The Hall–Kier alpha value is -1.20. The van der Waals surface area contributed by atoms with Gasteiger partial charge in [-0.3, -0.25) is 10.1 Å². The predicted molar refractivity (Wildman–Crippen MR) is 76.8 cm³/mol. The summed E-state index contributed by atoms with van der Waals surface area (Å²) in [5, 5.41) is 12.0. The average Bonchev–Trinajstić information content (AvgIpc) is 2.85. The molecule has 1 aliphatic rings. The molecule has 0 radical (unpaired) electrons. The zero-order valence-corrected chi connectivity index (χ0v) is 11.9. The smallest absolute Gasteiger partial charge is 0.321 e. The summed E-state index contributed by atoms with van der Waals surface area (Å²) in [4.78, 5) is 10.8. The number of hydrogen-bond acceptors (Lipinski definition) is 4. The SMILES string of the molecule is CC(C)c1ccccc1OCC1NC(C(=O)O)CS1. The summed E-state index contributed by atoms with van der Waals surface area (Å²) in [6.45, 7) is 4.74. The van der Waals surface area contributed by atoms with Crippen LogP contribution < -0.4 is 10.1 Å². The van der Waals surface area contributed by atoms with E-state index in [1.54, 1.807) is 11.8 Å².